The second kappa shape index (κ2) is 6.08. The molecular formula is C15H19N3O3S. The molecule has 0 aromatic carbocycles. The molecule has 0 bridgehead atoms. The van der Waals surface area contributed by atoms with Gasteiger partial charge >= 0.3 is 0 Å². The van der Waals surface area contributed by atoms with Gasteiger partial charge in [-0.3, -0.25) is 9.69 Å². The minimum Gasteiger partial charge on any atom is -0.349 e. The summed E-state index contributed by atoms with van der Waals surface area (Å²) in [6.07, 6.45) is 3.28. The van der Waals surface area contributed by atoms with Gasteiger partial charge in [0.15, 0.2) is 6.29 Å². The highest BCUT2D eigenvalue weighted by Gasteiger charge is 2.33. The lowest BCUT2D eigenvalue weighted by Gasteiger charge is -2.37. The van der Waals surface area contributed by atoms with Crippen molar-refractivity contribution in [2.75, 3.05) is 19.8 Å². The Morgan fingerprint density at radius 2 is 2.23 bits per heavy atom. The molecule has 2 fully saturated rings. The summed E-state index contributed by atoms with van der Waals surface area (Å²) < 4.78 is 12.1. The van der Waals surface area contributed by atoms with E-state index in [1.807, 2.05) is 11.4 Å². The van der Waals surface area contributed by atoms with Crippen molar-refractivity contribution in [3.8, 4) is 0 Å². The summed E-state index contributed by atoms with van der Waals surface area (Å²) in [5.74, 6) is 0.723. The van der Waals surface area contributed by atoms with Gasteiger partial charge in [-0.2, -0.15) is 0 Å². The summed E-state index contributed by atoms with van der Waals surface area (Å²) in [7, 11) is 0. The number of aromatic nitrogens is 2. The lowest BCUT2D eigenvalue weighted by Crippen LogP contribution is -2.47. The molecule has 1 unspecified atom stereocenters. The second-order valence-corrected chi connectivity index (χ2v) is 6.71. The van der Waals surface area contributed by atoms with Crippen molar-refractivity contribution in [2.24, 2.45) is 0 Å². The van der Waals surface area contributed by atoms with Crippen LogP contribution in [0.1, 0.15) is 25.1 Å². The zero-order valence-electron chi connectivity index (χ0n) is 12.3. The van der Waals surface area contributed by atoms with Gasteiger partial charge < -0.3 is 14.5 Å². The highest BCUT2D eigenvalue weighted by molar-refractivity contribution is 7.17. The maximum Gasteiger partial charge on any atom is 0.268 e. The molecule has 2 aromatic heterocycles. The van der Waals surface area contributed by atoms with Gasteiger partial charge in [0.05, 0.1) is 31.3 Å². The van der Waals surface area contributed by atoms with E-state index in [0.717, 1.165) is 30.7 Å². The molecule has 2 aliphatic rings. The van der Waals surface area contributed by atoms with Crippen molar-refractivity contribution < 1.29 is 9.47 Å². The summed E-state index contributed by atoms with van der Waals surface area (Å²) in [6, 6.07) is 2.15. The van der Waals surface area contributed by atoms with Crippen molar-refractivity contribution >= 4 is 21.6 Å². The maximum atomic E-state index is 12.1. The first kappa shape index (κ1) is 14.3. The van der Waals surface area contributed by atoms with Crippen LogP contribution in [-0.2, 0) is 16.0 Å². The van der Waals surface area contributed by atoms with Gasteiger partial charge in [-0.1, -0.05) is 6.42 Å². The lowest BCUT2D eigenvalue weighted by molar-refractivity contribution is -0.111. The molecule has 0 spiro atoms. The minimum atomic E-state index is -0.142. The van der Waals surface area contributed by atoms with Crippen molar-refractivity contribution in [3.63, 3.8) is 0 Å². The quantitative estimate of drug-likeness (QED) is 0.932. The molecule has 0 saturated carbocycles. The van der Waals surface area contributed by atoms with Gasteiger partial charge in [-0.25, -0.2) is 4.98 Å². The van der Waals surface area contributed by atoms with Gasteiger partial charge in [-0.15, -0.1) is 11.3 Å². The third-order valence-electron chi connectivity index (χ3n) is 4.34. The van der Waals surface area contributed by atoms with E-state index in [2.05, 4.69) is 14.9 Å². The SMILES string of the molecule is O=c1[nH]c(CN2CCCCC2C2OCCO2)nc2ccsc12. The number of likely N-dealkylation sites (tertiary alicyclic amines) is 1. The Hall–Kier alpha value is -1.28. The molecule has 4 rings (SSSR count). The first-order valence-electron chi connectivity index (χ1n) is 7.75. The number of aromatic amines is 1. The van der Waals surface area contributed by atoms with Crippen LogP contribution in [0, 0.1) is 0 Å². The Morgan fingerprint density at radius 3 is 3.09 bits per heavy atom. The zero-order valence-corrected chi connectivity index (χ0v) is 13.1. The Bertz CT molecular complexity index is 707. The van der Waals surface area contributed by atoms with Gasteiger partial charge in [0.25, 0.3) is 5.56 Å². The predicted molar refractivity (Wildman–Crippen MR) is 84.0 cm³/mol. The number of H-pyrrole nitrogens is 1. The number of rotatable bonds is 3. The van der Waals surface area contributed by atoms with E-state index in [4.69, 9.17) is 9.47 Å². The highest BCUT2D eigenvalue weighted by atomic mass is 32.1. The molecule has 2 aliphatic heterocycles. The minimum absolute atomic E-state index is 0.0445. The Kier molecular flexibility index (Phi) is 3.96. The van der Waals surface area contributed by atoms with Crippen molar-refractivity contribution in [1.29, 1.82) is 0 Å². The number of ether oxygens (including phenoxy) is 2. The number of hydrogen-bond donors (Lipinski definition) is 1. The Morgan fingerprint density at radius 1 is 1.36 bits per heavy atom. The molecule has 2 aromatic rings. The van der Waals surface area contributed by atoms with Crippen LogP contribution in [0.25, 0.3) is 10.2 Å². The molecule has 6 nitrogen and oxygen atoms in total. The lowest BCUT2D eigenvalue weighted by atomic mass is 10.0. The van der Waals surface area contributed by atoms with E-state index < -0.39 is 0 Å². The van der Waals surface area contributed by atoms with E-state index in [1.165, 1.54) is 17.8 Å². The van der Waals surface area contributed by atoms with E-state index in [-0.39, 0.29) is 17.9 Å². The number of nitrogens with one attached hydrogen (secondary N) is 1. The number of thiophene rings is 1. The van der Waals surface area contributed by atoms with Crippen LogP contribution in [-0.4, -0.2) is 47.0 Å². The van der Waals surface area contributed by atoms with Gasteiger partial charge in [-0.05, 0) is 30.8 Å². The molecule has 1 N–H and O–H groups in total. The fourth-order valence-corrected chi connectivity index (χ4v) is 4.03. The molecule has 0 radical (unpaired) electrons. The molecule has 22 heavy (non-hydrogen) atoms. The van der Waals surface area contributed by atoms with Crippen molar-refractivity contribution in [2.45, 2.75) is 38.1 Å². The predicted octanol–water partition coefficient (Wildman–Crippen LogP) is 1.71. The standard InChI is InChI=1S/C15H19N3O3S/c19-14-13-10(4-8-22-13)16-12(17-14)9-18-5-2-1-3-11(18)15-20-6-7-21-15/h4,8,11,15H,1-3,5-7,9H2,(H,16,17,19). The number of piperidine rings is 1. The van der Waals surface area contributed by atoms with Gasteiger partial charge in [0.2, 0.25) is 0 Å². The van der Waals surface area contributed by atoms with Crippen LogP contribution in [0.5, 0.6) is 0 Å². The fourth-order valence-electron chi connectivity index (χ4n) is 3.31. The largest absolute Gasteiger partial charge is 0.349 e. The Balaban J connectivity index is 1.57. The summed E-state index contributed by atoms with van der Waals surface area (Å²) in [5, 5.41) is 1.90. The Labute approximate surface area is 132 Å². The molecule has 0 amide bonds. The summed E-state index contributed by atoms with van der Waals surface area (Å²) in [6.45, 7) is 2.96. The van der Waals surface area contributed by atoms with Gasteiger partial charge in [0, 0.05) is 0 Å². The molecule has 1 atom stereocenters. The third-order valence-corrected chi connectivity index (χ3v) is 5.25. The van der Waals surface area contributed by atoms with Crippen LogP contribution in [0.4, 0.5) is 0 Å². The third kappa shape index (κ3) is 2.69. The van der Waals surface area contributed by atoms with Crippen LogP contribution in [0.2, 0.25) is 0 Å². The summed E-state index contributed by atoms with van der Waals surface area (Å²) in [5.41, 5.74) is 0.739. The van der Waals surface area contributed by atoms with Gasteiger partial charge in [0.1, 0.15) is 10.5 Å². The first-order valence-corrected chi connectivity index (χ1v) is 8.63. The van der Waals surface area contributed by atoms with E-state index in [9.17, 15) is 4.79 Å². The number of hydrogen-bond acceptors (Lipinski definition) is 6. The number of nitrogens with zero attached hydrogens (tertiary/aromatic N) is 2. The van der Waals surface area contributed by atoms with E-state index >= 15 is 0 Å². The van der Waals surface area contributed by atoms with E-state index in [1.54, 1.807) is 0 Å². The van der Waals surface area contributed by atoms with Crippen LogP contribution < -0.4 is 5.56 Å². The maximum absolute atomic E-state index is 12.1. The van der Waals surface area contributed by atoms with E-state index in [0.29, 0.717) is 24.5 Å². The molecule has 7 heteroatoms. The average Bonchev–Trinajstić information content (AvgIpc) is 3.19. The summed E-state index contributed by atoms with van der Waals surface area (Å²) in [4.78, 5) is 21.9. The van der Waals surface area contributed by atoms with Crippen LogP contribution in [0.15, 0.2) is 16.2 Å². The molecular weight excluding hydrogens is 302 g/mol. The molecule has 4 heterocycles. The highest BCUT2D eigenvalue weighted by Crippen LogP contribution is 2.25. The normalized spacial score (nSPS) is 24.3. The first-order chi connectivity index (χ1) is 10.8. The average molecular weight is 321 g/mol. The van der Waals surface area contributed by atoms with Crippen molar-refractivity contribution in [3.05, 3.63) is 27.6 Å². The van der Waals surface area contributed by atoms with Crippen molar-refractivity contribution in [1.82, 2.24) is 14.9 Å². The molecule has 0 aliphatic carbocycles. The zero-order chi connectivity index (χ0) is 14.9. The van der Waals surface area contributed by atoms with Crippen LogP contribution in [0.3, 0.4) is 0 Å². The molecule has 2 saturated heterocycles. The second-order valence-electron chi connectivity index (χ2n) is 5.79. The topological polar surface area (TPSA) is 67.5 Å². The summed E-state index contributed by atoms with van der Waals surface area (Å²) >= 11 is 1.43. The van der Waals surface area contributed by atoms with Crippen LogP contribution >= 0.6 is 11.3 Å². The molecule has 118 valence electrons. The monoisotopic (exact) mass is 321 g/mol. The fraction of sp³-hybridized carbons (Fsp3) is 0.600. The number of fused-ring (bicyclic) bond motifs is 1. The smallest absolute Gasteiger partial charge is 0.268 e.